The Hall–Kier alpha value is -1.81. The first-order valence-corrected chi connectivity index (χ1v) is 7.59. The van der Waals surface area contributed by atoms with Gasteiger partial charge in [0.1, 0.15) is 5.75 Å². The molecular weight excluding hydrogens is 262 g/mol. The van der Waals surface area contributed by atoms with Crippen molar-refractivity contribution in [3.05, 3.63) is 47.3 Å². The second-order valence-electron chi connectivity index (χ2n) is 5.19. The highest BCUT2D eigenvalue weighted by Crippen LogP contribution is 2.31. The quantitative estimate of drug-likeness (QED) is 0.850. The van der Waals surface area contributed by atoms with Crippen molar-refractivity contribution < 1.29 is 4.74 Å². The Kier molecular flexibility index (Phi) is 5.39. The predicted octanol–water partition coefficient (Wildman–Crippen LogP) is 3.08. The summed E-state index contributed by atoms with van der Waals surface area (Å²) < 4.78 is 7.43. The first kappa shape index (κ1) is 15.6. The monoisotopic (exact) mass is 287 g/mol. The number of nitrogens with zero attached hydrogens (tertiary/aromatic N) is 2. The summed E-state index contributed by atoms with van der Waals surface area (Å²) in [6, 6.07) is 8.31. The van der Waals surface area contributed by atoms with Crippen LogP contribution in [-0.2, 0) is 13.5 Å². The molecule has 1 aromatic carbocycles. The van der Waals surface area contributed by atoms with Gasteiger partial charge in [0.2, 0.25) is 0 Å². The van der Waals surface area contributed by atoms with E-state index in [9.17, 15) is 0 Å². The van der Waals surface area contributed by atoms with E-state index < -0.39 is 0 Å². The average molecular weight is 287 g/mol. The Balaban J connectivity index is 2.47. The molecule has 1 atom stereocenters. The van der Waals surface area contributed by atoms with Gasteiger partial charge in [0.05, 0.1) is 18.8 Å². The van der Waals surface area contributed by atoms with Gasteiger partial charge in [-0.1, -0.05) is 32.0 Å². The number of ether oxygens (including phenoxy) is 1. The number of nitrogens with one attached hydrogen (secondary N) is 1. The number of methoxy groups -OCH3 is 1. The lowest BCUT2D eigenvalue weighted by Crippen LogP contribution is -2.24. The molecular formula is C17H25N3O. The fourth-order valence-corrected chi connectivity index (χ4v) is 2.65. The molecule has 0 saturated carbocycles. The van der Waals surface area contributed by atoms with Crippen molar-refractivity contribution in [3.63, 3.8) is 0 Å². The number of hydrogen-bond acceptors (Lipinski definition) is 3. The maximum Gasteiger partial charge on any atom is 0.123 e. The van der Waals surface area contributed by atoms with Gasteiger partial charge in [-0.15, -0.1) is 0 Å². The molecule has 1 unspecified atom stereocenters. The summed E-state index contributed by atoms with van der Waals surface area (Å²) in [6.45, 7) is 5.28. The normalized spacial score (nSPS) is 12.4. The van der Waals surface area contributed by atoms with Crippen molar-refractivity contribution in [1.29, 1.82) is 0 Å². The maximum absolute atomic E-state index is 5.54. The highest BCUT2D eigenvalue weighted by Gasteiger charge is 2.21. The van der Waals surface area contributed by atoms with Crippen LogP contribution in [0.5, 0.6) is 5.75 Å². The highest BCUT2D eigenvalue weighted by atomic mass is 16.5. The van der Waals surface area contributed by atoms with Crippen LogP contribution >= 0.6 is 0 Å². The van der Waals surface area contributed by atoms with Crippen molar-refractivity contribution in [2.45, 2.75) is 32.7 Å². The number of benzene rings is 1. The van der Waals surface area contributed by atoms with E-state index in [4.69, 9.17) is 4.74 Å². The summed E-state index contributed by atoms with van der Waals surface area (Å²) >= 11 is 0. The molecule has 0 aliphatic rings. The van der Waals surface area contributed by atoms with Crippen LogP contribution in [0.15, 0.2) is 30.5 Å². The first-order valence-electron chi connectivity index (χ1n) is 7.59. The number of para-hydroxylation sites is 1. The molecule has 0 aliphatic carbocycles. The van der Waals surface area contributed by atoms with Crippen molar-refractivity contribution >= 4 is 0 Å². The largest absolute Gasteiger partial charge is 0.496 e. The van der Waals surface area contributed by atoms with Crippen LogP contribution in [0.2, 0.25) is 0 Å². The lowest BCUT2D eigenvalue weighted by atomic mass is 9.97. The van der Waals surface area contributed by atoms with E-state index in [0.29, 0.717) is 0 Å². The summed E-state index contributed by atoms with van der Waals surface area (Å²) in [7, 11) is 3.70. The van der Waals surface area contributed by atoms with Crippen LogP contribution in [0.1, 0.15) is 43.1 Å². The molecule has 0 amide bonds. The van der Waals surface area contributed by atoms with Crippen molar-refractivity contribution in [1.82, 2.24) is 15.1 Å². The number of aromatic nitrogens is 2. The smallest absolute Gasteiger partial charge is 0.123 e. The topological polar surface area (TPSA) is 39.1 Å². The Morgan fingerprint density at radius 3 is 2.67 bits per heavy atom. The van der Waals surface area contributed by atoms with Gasteiger partial charge in [0.15, 0.2) is 0 Å². The van der Waals surface area contributed by atoms with Crippen molar-refractivity contribution in [3.8, 4) is 5.75 Å². The van der Waals surface area contributed by atoms with Crippen molar-refractivity contribution in [2.75, 3.05) is 13.7 Å². The number of rotatable bonds is 7. The van der Waals surface area contributed by atoms with Gasteiger partial charge in [0, 0.05) is 24.4 Å². The molecule has 0 spiro atoms. The Morgan fingerprint density at radius 2 is 2.00 bits per heavy atom. The van der Waals surface area contributed by atoms with Crippen molar-refractivity contribution in [2.24, 2.45) is 7.05 Å². The van der Waals surface area contributed by atoms with E-state index in [2.05, 4.69) is 42.6 Å². The average Bonchev–Trinajstić information content (AvgIpc) is 2.89. The second-order valence-corrected chi connectivity index (χ2v) is 5.19. The SMILES string of the molecule is CCCNC(c1ccccc1OC)c1cn(C)nc1CC. The van der Waals surface area contributed by atoms with Gasteiger partial charge in [0.25, 0.3) is 0 Å². The molecule has 114 valence electrons. The summed E-state index contributed by atoms with van der Waals surface area (Å²) in [6.07, 6.45) is 4.13. The van der Waals surface area contributed by atoms with Crippen LogP contribution in [0.25, 0.3) is 0 Å². The zero-order valence-electron chi connectivity index (χ0n) is 13.4. The van der Waals surface area contributed by atoms with E-state index in [-0.39, 0.29) is 6.04 Å². The van der Waals surface area contributed by atoms with E-state index in [1.165, 1.54) is 5.56 Å². The lowest BCUT2D eigenvalue weighted by molar-refractivity contribution is 0.403. The molecule has 2 aromatic rings. The minimum absolute atomic E-state index is 0.116. The van der Waals surface area contributed by atoms with E-state index in [1.807, 2.05) is 23.9 Å². The van der Waals surface area contributed by atoms with E-state index >= 15 is 0 Å². The number of hydrogen-bond donors (Lipinski definition) is 1. The van der Waals surface area contributed by atoms with Crippen LogP contribution in [0.4, 0.5) is 0 Å². The van der Waals surface area contributed by atoms with Gasteiger partial charge >= 0.3 is 0 Å². The molecule has 1 heterocycles. The van der Waals surface area contributed by atoms with Crippen LogP contribution in [0, 0.1) is 0 Å². The summed E-state index contributed by atoms with van der Waals surface area (Å²) in [4.78, 5) is 0. The molecule has 0 saturated heterocycles. The maximum atomic E-state index is 5.54. The highest BCUT2D eigenvalue weighted by molar-refractivity contribution is 5.42. The van der Waals surface area contributed by atoms with E-state index in [0.717, 1.165) is 36.4 Å². The minimum Gasteiger partial charge on any atom is -0.496 e. The standard InChI is InChI=1S/C17H25N3O/c1-5-11-18-17(13-9-7-8-10-16(13)21-4)14-12-20(3)19-15(14)6-2/h7-10,12,17-18H,5-6,11H2,1-4H3. The molecule has 4 nitrogen and oxygen atoms in total. The third-order valence-corrected chi connectivity index (χ3v) is 3.63. The summed E-state index contributed by atoms with van der Waals surface area (Å²) in [5.74, 6) is 0.914. The number of aryl methyl sites for hydroxylation is 2. The first-order chi connectivity index (χ1) is 10.2. The third kappa shape index (κ3) is 3.45. The molecule has 21 heavy (non-hydrogen) atoms. The Morgan fingerprint density at radius 1 is 1.24 bits per heavy atom. The van der Waals surface area contributed by atoms with Crippen LogP contribution in [-0.4, -0.2) is 23.4 Å². The third-order valence-electron chi connectivity index (χ3n) is 3.63. The zero-order chi connectivity index (χ0) is 15.2. The van der Waals surface area contributed by atoms with Gasteiger partial charge < -0.3 is 10.1 Å². The molecule has 0 radical (unpaired) electrons. The second kappa shape index (κ2) is 7.27. The van der Waals surface area contributed by atoms with Crippen LogP contribution < -0.4 is 10.1 Å². The lowest BCUT2D eigenvalue weighted by Gasteiger charge is -2.21. The summed E-state index contributed by atoms with van der Waals surface area (Å²) in [5.41, 5.74) is 3.53. The minimum atomic E-state index is 0.116. The fraction of sp³-hybridized carbons (Fsp3) is 0.471. The molecule has 2 rings (SSSR count). The fourth-order valence-electron chi connectivity index (χ4n) is 2.65. The van der Waals surface area contributed by atoms with Gasteiger partial charge in [-0.25, -0.2) is 0 Å². The molecule has 0 fully saturated rings. The molecule has 4 heteroatoms. The molecule has 1 N–H and O–H groups in total. The van der Waals surface area contributed by atoms with Crippen LogP contribution in [0.3, 0.4) is 0 Å². The Labute approximate surface area is 127 Å². The predicted molar refractivity (Wildman–Crippen MR) is 85.7 cm³/mol. The van der Waals surface area contributed by atoms with Gasteiger partial charge in [-0.05, 0) is 25.5 Å². The molecule has 0 aliphatic heterocycles. The zero-order valence-corrected chi connectivity index (χ0v) is 13.4. The van der Waals surface area contributed by atoms with Gasteiger partial charge in [-0.2, -0.15) is 5.10 Å². The van der Waals surface area contributed by atoms with Gasteiger partial charge in [-0.3, -0.25) is 4.68 Å². The Bertz CT molecular complexity index is 577. The molecule has 0 bridgehead atoms. The van der Waals surface area contributed by atoms with E-state index in [1.54, 1.807) is 7.11 Å². The summed E-state index contributed by atoms with van der Waals surface area (Å²) in [5, 5.41) is 8.21. The molecule has 1 aromatic heterocycles.